The first-order chi connectivity index (χ1) is 11.3. The van der Waals surface area contributed by atoms with Crippen LogP contribution in [-0.4, -0.2) is 77.1 Å². The van der Waals surface area contributed by atoms with Gasteiger partial charge in [-0.25, -0.2) is 0 Å². The number of anilines is 1. The van der Waals surface area contributed by atoms with Crippen LogP contribution in [0.1, 0.15) is 26.2 Å². The SMILES string of the molecule is C[C@H]1C[C@@H](Nc2cnn(CCN3CCOCC3)c2)CN1C1CC1. The fraction of sp³-hybridized carbons (Fsp3) is 0.824. The molecule has 4 rings (SSSR count). The van der Waals surface area contributed by atoms with Crippen LogP contribution < -0.4 is 5.32 Å². The lowest BCUT2D eigenvalue weighted by Gasteiger charge is -2.26. The third-order valence-corrected chi connectivity index (χ3v) is 5.39. The molecule has 1 aliphatic carbocycles. The molecule has 3 aliphatic rings. The summed E-state index contributed by atoms with van der Waals surface area (Å²) < 4.78 is 7.45. The maximum atomic E-state index is 5.39. The van der Waals surface area contributed by atoms with Gasteiger partial charge in [0.1, 0.15) is 0 Å². The molecule has 0 bridgehead atoms. The summed E-state index contributed by atoms with van der Waals surface area (Å²) in [5.74, 6) is 0. The summed E-state index contributed by atoms with van der Waals surface area (Å²) in [6, 6.07) is 2.16. The van der Waals surface area contributed by atoms with Crippen LogP contribution in [0.4, 0.5) is 5.69 Å². The van der Waals surface area contributed by atoms with Gasteiger partial charge in [0.2, 0.25) is 0 Å². The first-order valence-corrected chi connectivity index (χ1v) is 9.13. The van der Waals surface area contributed by atoms with E-state index in [1.807, 2.05) is 6.20 Å². The summed E-state index contributed by atoms with van der Waals surface area (Å²) in [7, 11) is 0. The molecule has 2 aliphatic heterocycles. The summed E-state index contributed by atoms with van der Waals surface area (Å²) in [6.07, 6.45) is 8.18. The predicted molar refractivity (Wildman–Crippen MR) is 90.7 cm³/mol. The molecule has 1 saturated carbocycles. The van der Waals surface area contributed by atoms with Crippen LogP contribution >= 0.6 is 0 Å². The van der Waals surface area contributed by atoms with Crippen molar-refractivity contribution in [2.24, 2.45) is 0 Å². The summed E-state index contributed by atoms with van der Waals surface area (Å²) in [6.45, 7) is 9.38. The van der Waals surface area contributed by atoms with E-state index in [1.54, 1.807) is 0 Å². The van der Waals surface area contributed by atoms with Gasteiger partial charge in [0, 0.05) is 50.5 Å². The molecule has 2 atom stereocenters. The number of hydrogen-bond acceptors (Lipinski definition) is 5. The van der Waals surface area contributed by atoms with Gasteiger partial charge >= 0.3 is 0 Å². The Balaban J connectivity index is 1.25. The normalized spacial score (nSPS) is 30.0. The molecule has 128 valence electrons. The highest BCUT2D eigenvalue weighted by Gasteiger charge is 2.38. The highest BCUT2D eigenvalue weighted by atomic mass is 16.5. The topological polar surface area (TPSA) is 45.6 Å². The molecule has 2 saturated heterocycles. The van der Waals surface area contributed by atoms with Crippen molar-refractivity contribution in [3.05, 3.63) is 12.4 Å². The van der Waals surface area contributed by atoms with Gasteiger partial charge in [0.15, 0.2) is 0 Å². The Labute approximate surface area is 138 Å². The Bertz CT molecular complexity index is 509. The van der Waals surface area contributed by atoms with Crippen molar-refractivity contribution in [1.82, 2.24) is 19.6 Å². The van der Waals surface area contributed by atoms with E-state index >= 15 is 0 Å². The van der Waals surface area contributed by atoms with Gasteiger partial charge in [-0.2, -0.15) is 5.10 Å². The third kappa shape index (κ3) is 3.87. The van der Waals surface area contributed by atoms with E-state index in [0.29, 0.717) is 6.04 Å². The van der Waals surface area contributed by atoms with Crippen LogP contribution in [0.15, 0.2) is 12.4 Å². The Hall–Kier alpha value is -1.11. The number of aromatic nitrogens is 2. The predicted octanol–water partition coefficient (Wildman–Crippen LogP) is 1.25. The number of nitrogens with zero attached hydrogens (tertiary/aromatic N) is 4. The van der Waals surface area contributed by atoms with Crippen LogP contribution in [-0.2, 0) is 11.3 Å². The molecular weight excluding hydrogens is 290 g/mol. The lowest BCUT2D eigenvalue weighted by Crippen LogP contribution is -2.38. The van der Waals surface area contributed by atoms with Gasteiger partial charge < -0.3 is 10.1 Å². The highest BCUT2D eigenvalue weighted by Crippen LogP contribution is 2.34. The molecule has 0 aromatic carbocycles. The van der Waals surface area contributed by atoms with E-state index in [-0.39, 0.29) is 0 Å². The zero-order valence-corrected chi connectivity index (χ0v) is 14.2. The summed E-state index contributed by atoms with van der Waals surface area (Å²) in [5, 5.41) is 8.19. The van der Waals surface area contributed by atoms with Crippen LogP contribution in [0.5, 0.6) is 0 Å². The molecule has 23 heavy (non-hydrogen) atoms. The second kappa shape index (κ2) is 6.79. The van der Waals surface area contributed by atoms with E-state index in [2.05, 4.69) is 38.0 Å². The first-order valence-electron chi connectivity index (χ1n) is 9.13. The second-order valence-corrected chi connectivity index (χ2v) is 7.30. The molecule has 3 fully saturated rings. The molecule has 1 aromatic rings. The Morgan fingerprint density at radius 3 is 2.87 bits per heavy atom. The van der Waals surface area contributed by atoms with Crippen molar-refractivity contribution >= 4 is 5.69 Å². The molecule has 6 nitrogen and oxygen atoms in total. The van der Waals surface area contributed by atoms with E-state index in [9.17, 15) is 0 Å². The second-order valence-electron chi connectivity index (χ2n) is 7.30. The molecule has 0 spiro atoms. The van der Waals surface area contributed by atoms with Gasteiger partial charge in [-0.3, -0.25) is 14.5 Å². The monoisotopic (exact) mass is 319 g/mol. The Morgan fingerprint density at radius 1 is 1.26 bits per heavy atom. The van der Waals surface area contributed by atoms with E-state index < -0.39 is 0 Å². The first kappa shape index (κ1) is 15.4. The zero-order valence-electron chi connectivity index (χ0n) is 14.2. The van der Waals surface area contributed by atoms with Gasteiger partial charge in [-0.05, 0) is 26.2 Å². The average molecular weight is 319 g/mol. The van der Waals surface area contributed by atoms with Crippen LogP contribution in [0, 0.1) is 0 Å². The van der Waals surface area contributed by atoms with Gasteiger partial charge in [-0.15, -0.1) is 0 Å². The lowest BCUT2D eigenvalue weighted by atomic mass is 10.2. The fourth-order valence-electron chi connectivity index (χ4n) is 3.94. The summed E-state index contributed by atoms with van der Waals surface area (Å²) in [5.41, 5.74) is 1.17. The summed E-state index contributed by atoms with van der Waals surface area (Å²) >= 11 is 0. The number of rotatable bonds is 6. The molecule has 0 amide bonds. The van der Waals surface area contributed by atoms with Crippen molar-refractivity contribution in [2.75, 3.05) is 44.7 Å². The highest BCUT2D eigenvalue weighted by molar-refractivity contribution is 5.40. The maximum absolute atomic E-state index is 5.39. The zero-order chi connectivity index (χ0) is 15.6. The quantitative estimate of drug-likeness (QED) is 0.855. The van der Waals surface area contributed by atoms with Gasteiger partial charge in [0.05, 0.1) is 31.6 Å². The molecule has 3 heterocycles. The third-order valence-electron chi connectivity index (χ3n) is 5.39. The van der Waals surface area contributed by atoms with Crippen molar-refractivity contribution in [3.8, 4) is 0 Å². The number of nitrogens with one attached hydrogen (secondary N) is 1. The van der Waals surface area contributed by atoms with Crippen molar-refractivity contribution in [3.63, 3.8) is 0 Å². The minimum absolute atomic E-state index is 0.572. The molecule has 1 aromatic heterocycles. The number of hydrogen-bond donors (Lipinski definition) is 1. The Kier molecular flexibility index (Phi) is 4.55. The minimum atomic E-state index is 0.572. The largest absolute Gasteiger partial charge is 0.379 e. The molecule has 0 unspecified atom stereocenters. The Morgan fingerprint density at radius 2 is 2.09 bits per heavy atom. The van der Waals surface area contributed by atoms with E-state index in [1.165, 1.54) is 31.5 Å². The van der Waals surface area contributed by atoms with Crippen molar-refractivity contribution < 1.29 is 4.74 Å². The van der Waals surface area contributed by atoms with Crippen LogP contribution in [0.25, 0.3) is 0 Å². The van der Waals surface area contributed by atoms with Crippen LogP contribution in [0.2, 0.25) is 0 Å². The molecule has 0 radical (unpaired) electrons. The molecule has 6 heteroatoms. The van der Waals surface area contributed by atoms with Crippen LogP contribution in [0.3, 0.4) is 0 Å². The number of morpholine rings is 1. The standard InChI is InChI=1S/C17H29N5O/c1-14-10-15(13-22(14)17-2-3-17)19-16-11-18-21(12-16)5-4-20-6-8-23-9-7-20/h11-12,14-15,17,19H,2-10,13H2,1H3/t14-,15+/m0/s1. The van der Waals surface area contributed by atoms with E-state index in [0.717, 1.165) is 51.5 Å². The minimum Gasteiger partial charge on any atom is -0.379 e. The summed E-state index contributed by atoms with van der Waals surface area (Å²) in [4.78, 5) is 5.13. The van der Waals surface area contributed by atoms with Gasteiger partial charge in [0.25, 0.3) is 0 Å². The molecular formula is C17H29N5O. The van der Waals surface area contributed by atoms with E-state index in [4.69, 9.17) is 4.74 Å². The smallest absolute Gasteiger partial charge is 0.0729 e. The fourth-order valence-corrected chi connectivity index (χ4v) is 3.94. The number of ether oxygens (including phenoxy) is 1. The lowest BCUT2D eigenvalue weighted by molar-refractivity contribution is 0.0360. The molecule has 1 N–H and O–H groups in total. The van der Waals surface area contributed by atoms with Crippen molar-refractivity contribution in [2.45, 2.75) is 50.9 Å². The van der Waals surface area contributed by atoms with Gasteiger partial charge in [-0.1, -0.05) is 0 Å². The number of likely N-dealkylation sites (tertiary alicyclic amines) is 1. The average Bonchev–Trinajstić information content (AvgIpc) is 3.21. The maximum Gasteiger partial charge on any atom is 0.0729 e. The van der Waals surface area contributed by atoms with Crippen molar-refractivity contribution in [1.29, 1.82) is 0 Å².